The van der Waals surface area contributed by atoms with E-state index in [2.05, 4.69) is 10.6 Å². The molecule has 0 saturated carbocycles. The number of nitrogen functional groups attached to an aromatic ring is 1. The number of benzene rings is 2. The molecule has 0 unspecified atom stereocenters. The summed E-state index contributed by atoms with van der Waals surface area (Å²) in [7, 11) is 1.66. The van der Waals surface area contributed by atoms with Crippen molar-refractivity contribution in [3.8, 4) is 5.75 Å². The minimum Gasteiger partial charge on any atom is -0.496 e. The first-order chi connectivity index (χ1) is 9.69. The van der Waals surface area contributed by atoms with Crippen LogP contribution in [0.3, 0.4) is 0 Å². The van der Waals surface area contributed by atoms with Gasteiger partial charge in [-0.05, 0) is 24.3 Å². The zero-order chi connectivity index (χ0) is 14.1. The molecule has 4 heteroatoms. The number of ether oxygens (including phenoxy) is 1. The van der Waals surface area contributed by atoms with Crippen molar-refractivity contribution < 1.29 is 4.74 Å². The average Bonchev–Trinajstić information content (AvgIpc) is 2.76. The maximum absolute atomic E-state index is 6.27. The van der Waals surface area contributed by atoms with Gasteiger partial charge in [0.1, 0.15) is 5.75 Å². The predicted molar refractivity (Wildman–Crippen MR) is 83.5 cm³/mol. The molecular weight excluding hydrogens is 272 g/mol. The van der Waals surface area contributed by atoms with Crippen LogP contribution in [0.4, 0.5) is 5.69 Å². The van der Waals surface area contributed by atoms with Crippen molar-refractivity contribution in [3.63, 3.8) is 0 Å². The first-order valence-corrected chi connectivity index (χ1v) is 6.72. The van der Waals surface area contributed by atoms with Gasteiger partial charge < -0.3 is 15.0 Å². The van der Waals surface area contributed by atoms with E-state index in [0.29, 0.717) is 6.54 Å². The molecule has 0 radical (unpaired) electrons. The summed E-state index contributed by atoms with van der Waals surface area (Å²) in [4.78, 5) is 0. The number of anilines is 1. The Balaban J connectivity index is 2.08. The molecule has 2 aromatic carbocycles. The lowest BCUT2D eigenvalue weighted by molar-refractivity contribution is 0.408. The number of hydrogen-bond donors (Lipinski definition) is 1. The van der Waals surface area contributed by atoms with Crippen molar-refractivity contribution in [2.45, 2.75) is 6.54 Å². The number of rotatable bonds is 3. The van der Waals surface area contributed by atoms with E-state index in [1.165, 1.54) is 0 Å². The van der Waals surface area contributed by atoms with Crippen molar-refractivity contribution in [2.75, 3.05) is 12.8 Å². The second-order valence-electron chi connectivity index (χ2n) is 4.69. The second kappa shape index (κ2) is 5.10. The van der Waals surface area contributed by atoms with Crippen LogP contribution in [0, 0.1) is 0 Å². The lowest BCUT2D eigenvalue weighted by Gasteiger charge is -2.11. The number of nitrogens with two attached hydrogens (primary N) is 1. The molecule has 3 rings (SSSR count). The summed E-state index contributed by atoms with van der Waals surface area (Å²) in [6, 6.07) is 13.7. The molecule has 0 saturated heterocycles. The largest absolute Gasteiger partial charge is 0.496 e. The highest BCUT2D eigenvalue weighted by Crippen LogP contribution is 2.28. The van der Waals surface area contributed by atoms with Gasteiger partial charge in [-0.3, -0.25) is 0 Å². The normalized spacial score (nSPS) is 10.9. The van der Waals surface area contributed by atoms with Gasteiger partial charge in [0.2, 0.25) is 0 Å². The van der Waals surface area contributed by atoms with Crippen molar-refractivity contribution >= 4 is 28.2 Å². The van der Waals surface area contributed by atoms with Crippen LogP contribution in [0.2, 0.25) is 5.02 Å². The average molecular weight is 287 g/mol. The van der Waals surface area contributed by atoms with Crippen LogP contribution >= 0.6 is 11.6 Å². The fourth-order valence-electron chi connectivity index (χ4n) is 2.44. The second-order valence-corrected chi connectivity index (χ2v) is 5.10. The molecular formula is C16H15ClN2O. The molecule has 102 valence electrons. The summed E-state index contributed by atoms with van der Waals surface area (Å²) in [5.41, 5.74) is 8.72. The van der Waals surface area contributed by atoms with Gasteiger partial charge >= 0.3 is 0 Å². The van der Waals surface area contributed by atoms with Gasteiger partial charge in [0, 0.05) is 28.4 Å². The molecule has 0 spiro atoms. The van der Waals surface area contributed by atoms with Crippen LogP contribution in [0.25, 0.3) is 10.9 Å². The van der Waals surface area contributed by atoms with Crippen molar-refractivity contribution in [3.05, 3.63) is 59.2 Å². The molecule has 0 aliphatic carbocycles. The molecule has 0 bridgehead atoms. The molecule has 3 nitrogen and oxygen atoms in total. The van der Waals surface area contributed by atoms with E-state index in [4.69, 9.17) is 22.1 Å². The summed E-state index contributed by atoms with van der Waals surface area (Å²) in [5.74, 6) is 0.827. The van der Waals surface area contributed by atoms with E-state index in [1.807, 2.05) is 42.6 Å². The first-order valence-electron chi connectivity index (χ1n) is 6.35. The molecule has 0 aliphatic heterocycles. The summed E-state index contributed by atoms with van der Waals surface area (Å²) in [6.07, 6.45) is 1.94. The van der Waals surface area contributed by atoms with Crippen LogP contribution < -0.4 is 10.5 Å². The molecule has 2 N–H and O–H groups in total. The quantitative estimate of drug-likeness (QED) is 0.741. The highest BCUT2D eigenvalue weighted by molar-refractivity contribution is 6.35. The van der Waals surface area contributed by atoms with Crippen molar-refractivity contribution in [2.24, 2.45) is 0 Å². The summed E-state index contributed by atoms with van der Waals surface area (Å²) < 4.78 is 7.50. The Hall–Kier alpha value is -2.13. The highest BCUT2D eigenvalue weighted by Gasteiger charge is 2.09. The third kappa shape index (κ3) is 2.21. The van der Waals surface area contributed by atoms with Gasteiger partial charge in [-0.2, -0.15) is 0 Å². The van der Waals surface area contributed by atoms with Gasteiger partial charge in [-0.25, -0.2) is 0 Å². The van der Waals surface area contributed by atoms with E-state index in [-0.39, 0.29) is 0 Å². The molecule has 20 heavy (non-hydrogen) atoms. The van der Waals surface area contributed by atoms with E-state index >= 15 is 0 Å². The Bertz CT molecular complexity index is 764. The summed E-state index contributed by atoms with van der Waals surface area (Å²) in [5, 5.41) is 1.81. The number of para-hydroxylation sites is 1. The fourth-order valence-corrected chi connectivity index (χ4v) is 2.72. The zero-order valence-electron chi connectivity index (χ0n) is 11.1. The molecule has 0 fully saturated rings. The topological polar surface area (TPSA) is 40.2 Å². The Kier molecular flexibility index (Phi) is 3.28. The van der Waals surface area contributed by atoms with Crippen molar-refractivity contribution in [1.29, 1.82) is 0 Å². The maximum Gasteiger partial charge on any atom is 0.124 e. The minimum atomic E-state index is 0.668. The van der Waals surface area contributed by atoms with Crippen molar-refractivity contribution in [1.82, 2.24) is 4.57 Å². The van der Waals surface area contributed by atoms with Gasteiger partial charge in [0.15, 0.2) is 0 Å². The molecule has 1 aromatic heterocycles. The van der Waals surface area contributed by atoms with E-state index in [1.54, 1.807) is 7.11 Å². The number of hydrogen-bond acceptors (Lipinski definition) is 2. The fraction of sp³-hybridized carbons (Fsp3) is 0.125. The molecule has 0 amide bonds. The summed E-state index contributed by atoms with van der Waals surface area (Å²) in [6.45, 7) is 0.668. The molecule has 0 aliphatic rings. The van der Waals surface area contributed by atoms with Crippen LogP contribution in [0.15, 0.2) is 48.7 Å². The monoisotopic (exact) mass is 286 g/mol. The minimum absolute atomic E-state index is 0.668. The number of aromatic nitrogens is 1. The van der Waals surface area contributed by atoms with Gasteiger partial charge in [-0.15, -0.1) is 0 Å². The lowest BCUT2D eigenvalue weighted by atomic mass is 10.1. The van der Waals surface area contributed by atoms with Crippen LogP contribution in [0.5, 0.6) is 5.75 Å². The molecule has 0 atom stereocenters. The van der Waals surface area contributed by atoms with Gasteiger partial charge in [-0.1, -0.05) is 29.8 Å². The molecule has 3 aromatic rings. The number of fused-ring (bicyclic) bond motifs is 1. The highest BCUT2D eigenvalue weighted by atomic mass is 35.5. The third-order valence-electron chi connectivity index (χ3n) is 3.39. The van der Waals surface area contributed by atoms with Crippen LogP contribution in [-0.4, -0.2) is 11.7 Å². The zero-order valence-corrected chi connectivity index (χ0v) is 11.9. The SMILES string of the molecule is COc1ccc(N)cc1Cn1cc(Cl)c2ccccc21. The Labute approximate surface area is 122 Å². The van der Waals surface area contributed by atoms with E-state index in [9.17, 15) is 0 Å². The number of methoxy groups -OCH3 is 1. The van der Waals surface area contributed by atoms with Crippen LogP contribution in [0.1, 0.15) is 5.56 Å². The maximum atomic E-state index is 6.27. The van der Waals surface area contributed by atoms with Gasteiger partial charge in [0.25, 0.3) is 0 Å². The van der Waals surface area contributed by atoms with Gasteiger partial charge in [0.05, 0.1) is 18.7 Å². The van der Waals surface area contributed by atoms with E-state index in [0.717, 1.165) is 32.9 Å². The summed E-state index contributed by atoms with van der Waals surface area (Å²) >= 11 is 6.27. The third-order valence-corrected chi connectivity index (χ3v) is 3.69. The Morgan fingerprint density at radius 3 is 2.80 bits per heavy atom. The smallest absolute Gasteiger partial charge is 0.124 e. The predicted octanol–water partition coefficient (Wildman–Crippen LogP) is 3.93. The first kappa shape index (κ1) is 12.9. The Morgan fingerprint density at radius 2 is 2.00 bits per heavy atom. The van der Waals surface area contributed by atoms with Crippen LogP contribution in [-0.2, 0) is 6.54 Å². The number of halogens is 1. The lowest BCUT2D eigenvalue weighted by Crippen LogP contribution is -2.01. The van der Waals surface area contributed by atoms with E-state index < -0.39 is 0 Å². The number of nitrogens with zero attached hydrogens (tertiary/aromatic N) is 1. The standard InChI is InChI=1S/C16H15ClN2O/c1-20-16-7-6-12(18)8-11(16)9-19-10-14(17)13-4-2-3-5-15(13)19/h2-8,10H,9,18H2,1H3. The molecule has 1 heterocycles. The Morgan fingerprint density at radius 1 is 1.20 bits per heavy atom.